The van der Waals surface area contributed by atoms with Crippen LogP contribution in [-0.4, -0.2) is 0 Å². The van der Waals surface area contributed by atoms with E-state index < -0.39 is 7.92 Å². The second kappa shape index (κ2) is 15.5. The van der Waals surface area contributed by atoms with E-state index in [9.17, 15) is 0 Å². The highest BCUT2D eigenvalue weighted by Gasteiger charge is 1.91. The van der Waals surface area contributed by atoms with Gasteiger partial charge in [0.1, 0.15) is 7.92 Å². The molecule has 0 aliphatic carbocycles. The summed E-state index contributed by atoms with van der Waals surface area (Å²) in [5.41, 5.74) is 8.64. The second-order valence-corrected chi connectivity index (χ2v) is 4.26. The van der Waals surface area contributed by atoms with Gasteiger partial charge >= 0.3 is 0 Å². The van der Waals surface area contributed by atoms with Gasteiger partial charge in [-0.05, 0) is 109 Å². The van der Waals surface area contributed by atoms with E-state index in [4.69, 9.17) is 0 Å². The minimum Gasteiger partial charge on any atom is -0.0925 e. The van der Waals surface area contributed by atoms with E-state index in [-0.39, 0.29) is 0 Å². The Hall–Kier alpha value is -3.53. The first-order valence-corrected chi connectivity index (χ1v) is 7.26. The van der Waals surface area contributed by atoms with Crippen LogP contribution in [0.3, 0.4) is 0 Å². The fraction of sp³-hybridized carbons (Fsp3) is 0.143. The fourth-order valence-corrected chi connectivity index (χ4v) is 1.38. The smallest absolute Gasteiger partial charge is 0.0925 e. The zero-order chi connectivity index (χ0) is 16.3. The minimum absolute atomic E-state index is 1.16. The van der Waals surface area contributed by atoms with Crippen molar-refractivity contribution in [1.82, 2.24) is 0 Å². The molecule has 0 radical (unpaired) electrons. The Morgan fingerprint density at radius 2 is 0.636 bits per heavy atom. The predicted octanol–water partition coefficient (Wildman–Crippen LogP) is 2.43. The molecule has 0 amide bonds. The van der Waals surface area contributed by atoms with E-state index in [1.807, 2.05) is 0 Å². The van der Waals surface area contributed by atoms with Crippen molar-refractivity contribution < 1.29 is 0 Å². The maximum absolute atomic E-state index is 2.88. The van der Waals surface area contributed by atoms with Crippen molar-refractivity contribution in [2.24, 2.45) is 0 Å². The molecule has 0 aromatic heterocycles. The van der Waals surface area contributed by atoms with Crippen LogP contribution in [0.5, 0.6) is 0 Å². The van der Waals surface area contributed by atoms with Crippen molar-refractivity contribution in [3.8, 4) is 106 Å². The minimum atomic E-state index is -1.16. The number of hydrogen-bond donors (Lipinski definition) is 0. The van der Waals surface area contributed by atoms with Crippen molar-refractivity contribution in [1.29, 1.82) is 0 Å². The van der Waals surface area contributed by atoms with Crippen LogP contribution in [0.15, 0.2) is 0 Å². The lowest BCUT2D eigenvalue weighted by Crippen LogP contribution is -1.62. The standard InChI is InChI=1S/C21H9P/c1-4-7-10-13-16-19-22(20-17-14-11-8-5-2)21-18-15-12-9-6-3/h1-3H3. The van der Waals surface area contributed by atoms with E-state index in [0.717, 1.165) is 0 Å². The van der Waals surface area contributed by atoms with Crippen LogP contribution in [-0.2, 0) is 0 Å². The summed E-state index contributed by atoms with van der Waals surface area (Å²) >= 11 is 0. The molecule has 0 atom stereocenters. The molecule has 0 heterocycles. The van der Waals surface area contributed by atoms with E-state index in [1.54, 1.807) is 20.8 Å². The van der Waals surface area contributed by atoms with Gasteiger partial charge in [0.2, 0.25) is 0 Å². The molecule has 0 spiro atoms. The average molecular weight is 292 g/mol. The summed E-state index contributed by atoms with van der Waals surface area (Å²) < 4.78 is 0. The third kappa shape index (κ3) is 12.9. The van der Waals surface area contributed by atoms with Gasteiger partial charge in [0, 0.05) is 0 Å². The van der Waals surface area contributed by atoms with E-state index in [1.165, 1.54) is 0 Å². The Kier molecular flexibility index (Phi) is 13.0. The summed E-state index contributed by atoms with van der Waals surface area (Å²) in [4.78, 5) is 0. The molecule has 0 saturated carbocycles. The van der Waals surface area contributed by atoms with Crippen LogP contribution >= 0.6 is 7.92 Å². The van der Waals surface area contributed by atoms with Gasteiger partial charge < -0.3 is 0 Å². The van der Waals surface area contributed by atoms with Crippen LogP contribution in [0.25, 0.3) is 0 Å². The molecule has 0 saturated heterocycles. The Morgan fingerprint density at radius 3 is 0.909 bits per heavy atom. The first-order chi connectivity index (χ1) is 10.8. The topological polar surface area (TPSA) is 0 Å². The lowest BCUT2D eigenvalue weighted by atomic mass is 10.5. The zero-order valence-electron chi connectivity index (χ0n) is 12.4. The first-order valence-electron chi connectivity index (χ1n) is 5.92. The molecule has 22 heavy (non-hydrogen) atoms. The molecule has 98 valence electrons. The van der Waals surface area contributed by atoms with Crippen molar-refractivity contribution in [2.45, 2.75) is 20.8 Å². The Bertz CT molecular complexity index is 818. The van der Waals surface area contributed by atoms with Crippen molar-refractivity contribution in [2.75, 3.05) is 0 Å². The van der Waals surface area contributed by atoms with Crippen LogP contribution in [0.1, 0.15) is 20.8 Å². The Morgan fingerprint density at radius 1 is 0.364 bits per heavy atom. The van der Waals surface area contributed by atoms with Crippen LogP contribution in [0.4, 0.5) is 0 Å². The average Bonchev–Trinajstić information content (AvgIpc) is 2.53. The van der Waals surface area contributed by atoms with E-state index in [2.05, 4.69) is 106 Å². The number of hydrogen-bond acceptors (Lipinski definition) is 0. The van der Waals surface area contributed by atoms with Crippen LogP contribution < -0.4 is 0 Å². The third-order valence-electron chi connectivity index (χ3n) is 1.44. The van der Waals surface area contributed by atoms with Crippen molar-refractivity contribution >= 4 is 7.92 Å². The molecular formula is C21H9P. The highest BCUT2D eigenvalue weighted by Crippen LogP contribution is 2.29. The van der Waals surface area contributed by atoms with Crippen molar-refractivity contribution in [3.05, 3.63) is 0 Å². The maximum Gasteiger partial charge on any atom is 0.130 e. The van der Waals surface area contributed by atoms with Gasteiger partial charge in [-0.25, -0.2) is 0 Å². The SMILES string of the molecule is CC#CC#CC#CP(C#CC#CC#CC)C#CC#CC#CC. The van der Waals surface area contributed by atoms with Crippen molar-refractivity contribution in [3.63, 3.8) is 0 Å². The zero-order valence-corrected chi connectivity index (χ0v) is 13.3. The van der Waals surface area contributed by atoms with Gasteiger partial charge in [0.25, 0.3) is 0 Å². The first kappa shape index (κ1) is 18.5. The molecule has 0 aliphatic rings. The molecule has 0 fully saturated rings. The van der Waals surface area contributed by atoms with Crippen LogP contribution in [0, 0.1) is 106 Å². The van der Waals surface area contributed by atoms with Gasteiger partial charge in [-0.3, -0.25) is 0 Å². The Balaban J connectivity index is 5.22. The summed E-state index contributed by atoms with van der Waals surface area (Å²) in [5.74, 6) is 39.5. The van der Waals surface area contributed by atoms with Gasteiger partial charge in [0.15, 0.2) is 0 Å². The molecule has 0 aromatic rings. The van der Waals surface area contributed by atoms with Gasteiger partial charge in [0.05, 0.1) is 0 Å². The fourth-order valence-electron chi connectivity index (χ4n) is 0.710. The van der Waals surface area contributed by atoms with Gasteiger partial charge in [-0.2, -0.15) is 0 Å². The normalized spacial score (nSPS) is 4.91. The molecule has 0 bridgehead atoms. The second-order valence-electron chi connectivity index (χ2n) is 2.92. The van der Waals surface area contributed by atoms with E-state index >= 15 is 0 Å². The highest BCUT2D eigenvalue weighted by atomic mass is 31.1. The highest BCUT2D eigenvalue weighted by molar-refractivity contribution is 7.72. The molecule has 0 aromatic carbocycles. The summed E-state index contributed by atoms with van der Waals surface area (Å²) in [6.07, 6.45) is 0. The number of rotatable bonds is 0. The molecule has 0 unspecified atom stereocenters. The lowest BCUT2D eigenvalue weighted by molar-refractivity contribution is 1.92. The third-order valence-corrected chi connectivity index (χ3v) is 2.45. The Labute approximate surface area is 135 Å². The lowest BCUT2D eigenvalue weighted by Gasteiger charge is -1.84. The summed E-state index contributed by atoms with van der Waals surface area (Å²) in [5, 5.41) is 0. The molecule has 0 aliphatic heterocycles. The summed E-state index contributed by atoms with van der Waals surface area (Å²) in [6, 6.07) is 0. The molecule has 0 N–H and O–H groups in total. The molecular weight excluding hydrogens is 283 g/mol. The predicted molar refractivity (Wildman–Crippen MR) is 93.9 cm³/mol. The summed E-state index contributed by atoms with van der Waals surface area (Å²) in [6.45, 7) is 5.13. The quantitative estimate of drug-likeness (QED) is 0.475. The monoisotopic (exact) mass is 292 g/mol. The van der Waals surface area contributed by atoms with Crippen LogP contribution in [0.2, 0.25) is 0 Å². The largest absolute Gasteiger partial charge is 0.130 e. The van der Waals surface area contributed by atoms with Gasteiger partial charge in [-0.15, -0.1) is 0 Å². The molecule has 1 heteroatoms. The van der Waals surface area contributed by atoms with Gasteiger partial charge in [-0.1, -0.05) is 17.8 Å². The van der Waals surface area contributed by atoms with E-state index in [0.29, 0.717) is 0 Å². The maximum atomic E-state index is 2.88. The molecule has 0 rings (SSSR count). The summed E-state index contributed by atoms with van der Waals surface area (Å²) in [7, 11) is -1.16. The molecule has 0 nitrogen and oxygen atoms in total.